The first-order valence-electron chi connectivity index (χ1n) is 12.1. The van der Waals surface area contributed by atoms with Crippen molar-refractivity contribution >= 4 is 46.9 Å². The van der Waals surface area contributed by atoms with Gasteiger partial charge in [0.05, 0.1) is 23.5 Å². The lowest BCUT2D eigenvalue weighted by Crippen LogP contribution is -2.42. The Morgan fingerprint density at radius 1 is 1.14 bits per heavy atom. The van der Waals surface area contributed by atoms with Crippen molar-refractivity contribution in [3.8, 4) is 5.75 Å². The summed E-state index contributed by atoms with van der Waals surface area (Å²) in [5.74, 6) is -3.71. The van der Waals surface area contributed by atoms with Crippen LogP contribution in [-0.2, 0) is 23.9 Å². The zero-order valence-electron chi connectivity index (χ0n) is 19.7. The van der Waals surface area contributed by atoms with Crippen LogP contribution in [0.2, 0.25) is 0 Å². The lowest BCUT2D eigenvalue weighted by Gasteiger charge is -2.43. The quantitative estimate of drug-likeness (QED) is 0.395. The summed E-state index contributed by atoms with van der Waals surface area (Å²) >= 11 is 2.68. The predicted octanol–water partition coefficient (Wildman–Crippen LogP) is 1.94. The van der Waals surface area contributed by atoms with E-state index in [0.29, 0.717) is 12.2 Å². The first-order valence-corrected chi connectivity index (χ1v) is 13.8. The number of hydrogen-bond donors (Lipinski definition) is 2. The summed E-state index contributed by atoms with van der Waals surface area (Å²) in [6.45, 7) is 1.08. The molecule has 1 aromatic heterocycles. The minimum atomic E-state index is -1.22. The van der Waals surface area contributed by atoms with Crippen LogP contribution in [0.25, 0.3) is 0 Å². The van der Waals surface area contributed by atoms with Crippen LogP contribution in [0.4, 0.5) is 0 Å². The summed E-state index contributed by atoms with van der Waals surface area (Å²) in [7, 11) is 0. The van der Waals surface area contributed by atoms with Crippen molar-refractivity contribution in [2.24, 2.45) is 29.6 Å². The Labute approximate surface area is 219 Å². The maximum atomic E-state index is 13.3. The topological polar surface area (TPSA) is 143 Å². The number of hydrogen-bond acceptors (Lipinski definition) is 9. The summed E-state index contributed by atoms with van der Waals surface area (Å²) < 4.78 is 10.9. The number of esters is 1. The zero-order chi connectivity index (χ0) is 26.0. The number of ether oxygens (including phenoxy) is 2. The Kier molecular flexibility index (Phi) is 5.90. The molecule has 6 unspecified atom stereocenters. The molecule has 2 bridgehead atoms. The van der Waals surface area contributed by atoms with Crippen LogP contribution >= 0.6 is 23.1 Å². The Balaban J connectivity index is 1.40. The van der Waals surface area contributed by atoms with Gasteiger partial charge < -0.3 is 19.6 Å². The van der Waals surface area contributed by atoms with E-state index < -0.39 is 42.1 Å². The van der Waals surface area contributed by atoms with Crippen molar-refractivity contribution in [2.45, 2.75) is 29.5 Å². The van der Waals surface area contributed by atoms with Gasteiger partial charge in [-0.1, -0.05) is 29.5 Å². The monoisotopic (exact) mass is 544 g/mol. The standard InChI is InChI=1S/C25H24N2O8S2/c1-2-34-15(30)9-35-13-6-4-3-5-10(13)16-17-11-7-12(20(17)36-22-21(16)37-25(33)26-22)19-18(11)23(31)27(24(19)32)8-14(28)29/h3-6,11-12,16-20H,2,7-9H2,1H3,(H,26,33)(H,28,29)/t11?,12?,16-,17?,18?,19?,20?/m1/s1. The van der Waals surface area contributed by atoms with Gasteiger partial charge in [-0.2, -0.15) is 0 Å². The molecule has 7 atom stereocenters. The number of benzene rings is 1. The molecule has 3 heterocycles. The molecule has 12 heteroatoms. The second-order valence-corrected chi connectivity index (χ2v) is 12.0. The molecule has 2 amide bonds. The van der Waals surface area contributed by atoms with Gasteiger partial charge in [0.15, 0.2) is 6.61 Å². The van der Waals surface area contributed by atoms with Gasteiger partial charge in [0.25, 0.3) is 0 Å². The number of carbonyl (C=O) groups is 4. The number of fused-ring (bicyclic) bond motifs is 9. The fourth-order valence-corrected chi connectivity index (χ4v) is 9.81. The van der Waals surface area contributed by atoms with Crippen molar-refractivity contribution in [3.63, 3.8) is 0 Å². The van der Waals surface area contributed by atoms with E-state index in [-0.39, 0.29) is 47.0 Å². The molecule has 2 aromatic rings. The fraction of sp³-hybridized carbons (Fsp3) is 0.480. The highest BCUT2D eigenvalue weighted by Crippen LogP contribution is 2.68. The number of aromatic nitrogens is 1. The number of rotatable bonds is 7. The Hall–Kier alpha value is -3.12. The van der Waals surface area contributed by atoms with Crippen LogP contribution in [0.3, 0.4) is 0 Å². The Morgan fingerprint density at radius 2 is 1.86 bits per heavy atom. The highest BCUT2D eigenvalue weighted by Gasteiger charge is 2.69. The van der Waals surface area contributed by atoms with Crippen molar-refractivity contribution in [1.29, 1.82) is 0 Å². The molecule has 2 aliphatic heterocycles. The number of carboxylic acids is 1. The van der Waals surface area contributed by atoms with Gasteiger partial charge in [-0.05, 0) is 37.2 Å². The molecule has 3 fully saturated rings. The number of nitrogens with zero attached hydrogens (tertiary/aromatic N) is 1. The minimum Gasteiger partial charge on any atom is -0.482 e. The van der Waals surface area contributed by atoms with Crippen LogP contribution in [-0.4, -0.2) is 63.8 Å². The van der Waals surface area contributed by atoms with Crippen molar-refractivity contribution in [1.82, 2.24) is 9.88 Å². The summed E-state index contributed by atoms with van der Waals surface area (Å²) in [6, 6.07) is 7.36. The maximum Gasteiger partial charge on any atom is 0.344 e. The van der Waals surface area contributed by atoms with E-state index in [4.69, 9.17) is 9.47 Å². The van der Waals surface area contributed by atoms with Crippen LogP contribution in [0.15, 0.2) is 34.1 Å². The van der Waals surface area contributed by atoms with E-state index in [1.54, 1.807) is 30.8 Å². The van der Waals surface area contributed by atoms with E-state index >= 15 is 0 Å². The summed E-state index contributed by atoms with van der Waals surface area (Å²) in [6.07, 6.45) is 0.692. The average molecular weight is 545 g/mol. The number of H-pyrrole nitrogens is 1. The number of amides is 2. The highest BCUT2D eigenvalue weighted by molar-refractivity contribution is 8.00. The Bertz CT molecular complexity index is 1370. The van der Waals surface area contributed by atoms with Crippen LogP contribution < -0.4 is 9.61 Å². The highest BCUT2D eigenvalue weighted by atomic mass is 32.2. The smallest absolute Gasteiger partial charge is 0.344 e. The number of carbonyl (C=O) groups excluding carboxylic acids is 3. The van der Waals surface area contributed by atoms with Gasteiger partial charge in [-0.25, -0.2) is 4.79 Å². The molecule has 0 radical (unpaired) electrons. The summed E-state index contributed by atoms with van der Waals surface area (Å²) in [5.41, 5.74) is 0.807. The van der Waals surface area contributed by atoms with Gasteiger partial charge in [0.2, 0.25) is 11.8 Å². The molecule has 0 spiro atoms. The van der Waals surface area contributed by atoms with Gasteiger partial charge in [-0.15, -0.1) is 11.8 Å². The lowest BCUT2D eigenvalue weighted by molar-refractivity contribution is -0.150. The predicted molar refractivity (Wildman–Crippen MR) is 131 cm³/mol. The molecule has 194 valence electrons. The maximum absolute atomic E-state index is 13.3. The number of thioether (sulfide) groups is 1. The number of nitrogens with one attached hydrogen (secondary N) is 1. The number of likely N-dealkylation sites (tertiary alicyclic amines) is 1. The number of thiazole rings is 1. The van der Waals surface area contributed by atoms with Gasteiger partial charge in [-0.3, -0.25) is 24.1 Å². The zero-order valence-corrected chi connectivity index (χ0v) is 21.4. The molecule has 6 rings (SSSR count). The molecule has 2 aliphatic carbocycles. The van der Waals surface area contributed by atoms with E-state index in [1.165, 1.54) is 0 Å². The molecule has 1 aromatic carbocycles. The molecule has 10 nitrogen and oxygen atoms in total. The van der Waals surface area contributed by atoms with Crippen LogP contribution in [0.1, 0.15) is 29.7 Å². The SMILES string of the molecule is CCOC(=O)COc1ccccc1[C@H]1c2sc(=O)[nH]c2SC2C3CC(C4C(=O)N(CC(=O)O)C(=O)C34)C21. The van der Waals surface area contributed by atoms with Crippen molar-refractivity contribution < 1.29 is 33.8 Å². The number of aliphatic carboxylic acids is 1. The summed E-state index contributed by atoms with van der Waals surface area (Å²) in [4.78, 5) is 66.7. The van der Waals surface area contributed by atoms with Crippen molar-refractivity contribution in [3.05, 3.63) is 44.4 Å². The van der Waals surface area contributed by atoms with Gasteiger partial charge in [0.1, 0.15) is 12.3 Å². The molecule has 37 heavy (non-hydrogen) atoms. The van der Waals surface area contributed by atoms with Gasteiger partial charge in [0, 0.05) is 21.6 Å². The number of aromatic amines is 1. The van der Waals surface area contributed by atoms with Crippen LogP contribution in [0, 0.1) is 29.6 Å². The fourth-order valence-electron chi connectivity index (χ4n) is 6.93. The number of carboxylic acid groups (broad SMARTS) is 1. The minimum absolute atomic E-state index is 0.0337. The van der Waals surface area contributed by atoms with Crippen LogP contribution in [0.5, 0.6) is 5.75 Å². The third-order valence-corrected chi connectivity index (χ3v) is 10.6. The number of imide groups is 1. The molecular weight excluding hydrogens is 520 g/mol. The van der Waals surface area contributed by atoms with Gasteiger partial charge >= 0.3 is 16.8 Å². The molecular formula is C25H24N2O8S2. The third kappa shape index (κ3) is 3.71. The normalized spacial score (nSPS) is 31.2. The molecule has 2 saturated carbocycles. The lowest BCUT2D eigenvalue weighted by atomic mass is 9.68. The van der Waals surface area contributed by atoms with E-state index in [2.05, 4.69) is 4.98 Å². The van der Waals surface area contributed by atoms with E-state index in [0.717, 1.165) is 31.7 Å². The molecule has 4 aliphatic rings. The largest absolute Gasteiger partial charge is 0.482 e. The Morgan fingerprint density at radius 3 is 2.59 bits per heavy atom. The first-order chi connectivity index (χ1) is 17.8. The summed E-state index contributed by atoms with van der Waals surface area (Å²) in [5, 5.41) is 9.98. The van der Waals surface area contributed by atoms with E-state index in [1.807, 2.05) is 12.1 Å². The van der Waals surface area contributed by atoms with E-state index in [9.17, 15) is 29.1 Å². The molecule has 1 saturated heterocycles. The first kappa shape index (κ1) is 24.2. The second kappa shape index (κ2) is 9.02. The third-order valence-electron chi connectivity index (χ3n) is 8.01. The second-order valence-electron chi connectivity index (χ2n) is 9.75. The number of para-hydroxylation sites is 1. The van der Waals surface area contributed by atoms with Crippen molar-refractivity contribution in [2.75, 3.05) is 19.8 Å². The average Bonchev–Trinajstić information content (AvgIpc) is 3.59. The molecule has 2 N–H and O–H groups in total.